The first-order valence-electron chi connectivity index (χ1n) is 7.34. The van der Waals surface area contributed by atoms with Crippen molar-refractivity contribution >= 4 is 34.8 Å². The monoisotopic (exact) mass is 374 g/mol. The Morgan fingerprint density at radius 2 is 2.00 bits per heavy atom. The molecule has 25 heavy (non-hydrogen) atoms. The number of nitrogens with one attached hydrogen (secondary N) is 1. The van der Waals surface area contributed by atoms with Gasteiger partial charge in [-0.15, -0.1) is 11.3 Å². The zero-order chi connectivity index (χ0) is 18.0. The maximum absolute atomic E-state index is 11.1. The minimum Gasteiger partial charge on any atom is -0.364 e. The Hall–Kier alpha value is -2.58. The molecule has 0 unspecified atom stereocenters. The number of amides is 1. The van der Waals surface area contributed by atoms with E-state index in [1.165, 1.54) is 11.3 Å². The molecular formula is C16H15ClN6OS. The number of halogens is 1. The smallest absolute Gasteiger partial charge is 0.277 e. The van der Waals surface area contributed by atoms with Gasteiger partial charge in [0.25, 0.3) is 5.91 Å². The van der Waals surface area contributed by atoms with Gasteiger partial charge < -0.3 is 11.1 Å². The number of rotatable bonds is 5. The summed E-state index contributed by atoms with van der Waals surface area (Å²) in [6, 6.07) is 3.57. The summed E-state index contributed by atoms with van der Waals surface area (Å²) < 4.78 is 0. The average Bonchev–Trinajstić information content (AvgIpc) is 3.06. The maximum Gasteiger partial charge on any atom is 0.277 e. The van der Waals surface area contributed by atoms with Gasteiger partial charge in [0.15, 0.2) is 5.01 Å². The third kappa shape index (κ3) is 3.75. The van der Waals surface area contributed by atoms with Crippen LogP contribution in [0, 0.1) is 0 Å². The zero-order valence-electron chi connectivity index (χ0n) is 13.5. The van der Waals surface area contributed by atoms with E-state index in [0.717, 1.165) is 0 Å². The van der Waals surface area contributed by atoms with Gasteiger partial charge in [0, 0.05) is 29.5 Å². The number of primary amides is 1. The number of carbonyl (C=O) groups excluding carboxylic acids is 1. The molecule has 3 rings (SSSR count). The molecule has 0 aliphatic rings. The molecule has 0 saturated heterocycles. The largest absolute Gasteiger partial charge is 0.364 e. The SMILES string of the molecule is CC(C)(Nc1ncc(-c2csc(C(N)=O)n2)cn1)c1ncccc1Cl. The number of thiazole rings is 1. The summed E-state index contributed by atoms with van der Waals surface area (Å²) in [7, 11) is 0. The van der Waals surface area contributed by atoms with Crippen LogP contribution >= 0.6 is 22.9 Å². The minimum absolute atomic E-state index is 0.253. The fraction of sp³-hybridized carbons (Fsp3) is 0.188. The Labute approximate surface area is 153 Å². The number of carbonyl (C=O) groups is 1. The predicted octanol–water partition coefficient (Wildman–Crippen LogP) is 3.09. The van der Waals surface area contributed by atoms with E-state index in [4.69, 9.17) is 17.3 Å². The van der Waals surface area contributed by atoms with E-state index < -0.39 is 11.4 Å². The number of nitrogens with zero attached hydrogens (tertiary/aromatic N) is 4. The molecule has 3 aromatic rings. The molecule has 0 spiro atoms. The van der Waals surface area contributed by atoms with Crippen molar-refractivity contribution in [2.75, 3.05) is 5.32 Å². The van der Waals surface area contributed by atoms with Crippen molar-refractivity contribution in [3.63, 3.8) is 0 Å². The standard InChI is InChI=1S/C16H15ClN6OS/c1-16(2,12-10(17)4-3-5-19-12)23-15-20-6-9(7-21-15)11-8-25-14(22-11)13(18)24/h3-8H,1-2H3,(H2,18,24)(H,20,21,23). The molecule has 0 radical (unpaired) electrons. The lowest BCUT2D eigenvalue weighted by molar-refractivity contribution is 0.1000. The van der Waals surface area contributed by atoms with E-state index in [1.807, 2.05) is 13.8 Å². The van der Waals surface area contributed by atoms with E-state index in [0.29, 0.717) is 27.9 Å². The second-order valence-electron chi connectivity index (χ2n) is 5.78. The normalized spacial score (nSPS) is 11.3. The van der Waals surface area contributed by atoms with Gasteiger partial charge in [0.05, 0.1) is 21.9 Å². The number of anilines is 1. The summed E-state index contributed by atoms with van der Waals surface area (Å²) in [4.78, 5) is 28.2. The number of hydrogen-bond acceptors (Lipinski definition) is 7. The molecule has 0 bridgehead atoms. The summed E-state index contributed by atoms with van der Waals surface area (Å²) in [5, 5.41) is 5.78. The molecule has 3 aromatic heterocycles. The fourth-order valence-corrected chi connectivity index (χ4v) is 3.27. The highest BCUT2D eigenvalue weighted by Gasteiger charge is 2.25. The highest BCUT2D eigenvalue weighted by Crippen LogP contribution is 2.28. The van der Waals surface area contributed by atoms with E-state index in [-0.39, 0.29) is 5.01 Å². The molecule has 1 amide bonds. The predicted molar refractivity (Wildman–Crippen MR) is 97.6 cm³/mol. The van der Waals surface area contributed by atoms with Crippen molar-refractivity contribution in [2.24, 2.45) is 5.73 Å². The quantitative estimate of drug-likeness (QED) is 0.710. The molecule has 0 aliphatic carbocycles. The lowest BCUT2D eigenvalue weighted by Crippen LogP contribution is -2.30. The number of aromatic nitrogens is 4. The minimum atomic E-state index is -0.556. The third-order valence-electron chi connectivity index (χ3n) is 3.44. The molecule has 3 N–H and O–H groups in total. The van der Waals surface area contributed by atoms with Crippen molar-refractivity contribution < 1.29 is 4.79 Å². The van der Waals surface area contributed by atoms with Gasteiger partial charge in [0.2, 0.25) is 5.95 Å². The van der Waals surface area contributed by atoms with Gasteiger partial charge in [0.1, 0.15) is 0 Å². The van der Waals surface area contributed by atoms with Gasteiger partial charge >= 0.3 is 0 Å². The zero-order valence-corrected chi connectivity index (χ0v) is 15.1. The molecule has 0 aromatic carbocycles. The van der Waals surface area contributed by atoms with Gasteiger partial charge in [-0.1, -0.05) is 11.6 Å². The van der Waals surface area contributed by atoms with Crippen LogP contribution in [0.3, 0.4) is 0 Å². The van der Waals surface area contributed by atoms with Crippen LogP contribution in [-0.2, 0) is 5.54 Å². The summed E-state index contributed by atoms with van der Waals surface area (Å²) in [6.07, 6.45) is 4.95. The van der Waals surface area contributed by atoms with E-state index in [1.54, 1.807) is 36.1 Å². The first-order valence-corrected chi connectivity index (χ1v) is 8.59. The highest BCUT2D eigenvalue weighted by atomic mass is 35.5. The third-order valence-corrected chi connectivity index (χ3v) is 4.60. The van der Waals surface area contributed by atoms with Crippen molar-refractivity contribution in [1.29, 1.82) is 0 Å². The molecule has 9 heteroatoms. The Morgan fingerprint density at radius 1 is 1.28 bits per heavy atom. The lowest BCUT2D eigenvalue weighted by Gasteiger charge is -2.26. The van der Waals surface area contributed by atoms with Gasteiger partial charge in [-0.25, -0.2) is 15.0 Å². The van der Waals surface area contributed by atoms with Crippen molar-refractivity contribution in [3.05, 3.63) is 51.8 Å². The second kappa shape index (κ2) is 6.73. The van der Waals surface area contributed by atoms with Gasteiger partial charge in [-0.2, -0.15) is 0 Å². The molecule has 3 heterocycles. The van der Waals surface area contributed by atoms with Crippen molar-refractivity contribution in [3.8, 4) is 11.3 Å². The lowest BCUT2D eigenvalue weighted by atomic mass is 10.00. The topological polar surface area (TPSA) is 107 Å². The molecule has 0 atom stereocenters. The Bertz CT molecular complexity index is 909. The number of hydrogen-bond donors (Lipinski definition) is 2. The van der Waals surface area contributed by atoms with Crippen molar-refractivity contribution in [2.45, 2.75) is 19.4 Å². The van der Waals surface area contributed by atoms with E-state index in [9.17, 15) is 4.79 Å². The maximum atomic E-state index is 11.1. The Balaban J connectivity index is 1.80. The Morgan fingerprint density at radius 3 is 2.60 bits per heavy atom. The van der Waals surface area contributed by atoms with Crippen LogP contribution in [0.25, 0.3) is 11.3 Å². The van der Waals surface area contributed by atoms with E-state index >= 15 is 0 Å². The first kappa shape index (κ1) is 17.2. The molecule has 0 aliphatic heterocycles. The molecule has 128 valence electrons. The summed E-state index contributed by atoms with van der Waals surface area (Å²) in [5.41, 5.74) is 6.67. The van der Waals surface area contributed by atoms with Gasteiger partial charge in [-0.3, -0.25) is 9.78 Å². The van der Waals surface area contributed by atoms with Crippen LogP contribution in [0.4, 0.5) is 5.95 Å². The molecular weight excluding hydrogens is 360 g/mol. The van der Waals surface area contributed by atoms with Crippen LogP contribution in [0.1, 0.15) is 29.3 Å². The Kier molecular flexibility index (Phi) is 4.65. The van der Waals surface area contributed by atoms with Crippen LogP contribution < -0.4 is 11.1 Å². The highest BCUT2D eigenvalue weighted by molar-refractivity contribution is 7.12. The summed E-state index contributed by atoms with van der Waals surface area (Å²) in [6.45, 7) is 3.89. The molecule has 0 saturated carbocycles. The number of nitrogens with two attached hydrogens (primary N) is 1. The fourth-order valence-electron chi connectivity index (χ4n) is 2.23. The van der Waals surface area contributed by atoms with Crippen LogP contribution in [0.2, 0.25) is 5.02 Å². The average molecular weight is 375 g/mol. The number of pyridine rings is 1. The van der Waals surface area contributed by atoms with Crippen LogP contribution in [-0.4, -0.2) is 25.8 Å². The van der Waals surface area contributed by atoms with Crippen LogP contribution in [0.5, 0.6) is 0 Å². The summed E-state index contributed by atoms with van der Waals surface area (Å²) in [5.74, 6) is -0.120. The van der Waals surface area contributed by atoms with Crippen molar-refractivity contribution in [1.82, 2.24) is 19.9 Å². The van der Waals surface area contributed by atoms with Crippen LogP contribution in [0.15, 0.2) is 36.1 Å². The second-order valence-corrected chi connectivity index (χ2v) is 7.05. The van der Waals surface area contributed by atoms with E-state index in [2.05, 4.69) is 25.3 Å². The molecule has 7 nitrogen and oxygen atoms in total. The first-order chi connectivity index (χ1) is 11.9. The molecule has 0 fully saturated rings. The van der Waals surface area contributed by atoms with Gasteiger partial charge in [-0.05, 0) is 26.0 Å². The summed E-state index contributed by atoms with van der Waals surface area (Å²) >= 11 is 7.41.